The van der Waals surface area contributed by atoms with Crippen LogP contribution >= 0.6 is 31.9 Å². The third-order valence-corrected chi connectivity index (χ3v) is 5.57. The van der Waals surface area contributed by atoms with Gasteiger partial charge in [0.15, 0.2) is 0 Å². The Hall–Kier alpha value is -0.770. The molecule has 6 nitrogen and oxygen atoms in total. The number of rotatable bonds is 3. The molecule has 1 amide bonds. The van der Waals surface area contributed by atoms with Crippen molar-refractivity contribution >= 4 is 59.3 Å². The van der Waals surface area contributed by atoms with Crippen molar-refractivity contribution in [1.82, 2.24) is 0 Å². The molecule has 0 spiro atoms. The number of hydrogen-bond donors (Lipinski definition) is 1. The van der Waals surface area contributed by atoms with Crippen LogP contribution in [0.5, 0.6) is 0 Å². The molecular formula is C11H10Br2N2O4S. The predicted molar refractivity (Wildman–Crippen MR) is 81.5 cm³/mol. The molecule has 108 valence electrons. The third kappa shape index (κ3) is 2.95. The van der Waals surface area contributed by atoms with Crippen molar-refractivity contribution in [2.75, 3.05) is 5.01 Å². The normalized spacial score (nSPS) is 15.7. The van der Waals surface area contributed by atoms with Crippen LogP contribution in [0.25, 0.3) is 0 Å². The summed E-state index contributed by atoms with van der Waals surface area (Å²) in [4.78, 5) is 11.6. The lowest BCUT2D eigenvalue weighted by Gasteiger charge is -2.15. The fraction of sp³-hybridized carbons (Fsp3) is 0.273. The number of nitrogens with zero attached hydrogens (tertiary/aromatic N) is 2. The highest BCUT2D eigenvalue weighted by Crippen LogP contribution is 2.37. The fourth-order valence-corrected chi connectivity index (χ4v) is 3.24. The summed E-state index contributed by atoms with van der Waals surface area (Å²) in [6.07, 6.45) is 0.843. The van der Waals surface area contributed by atoms with Gasteiger partial charge in [-0.15, -0.1) is 0 Å². The number of amides is 1. The first-order chi connectivity index (χ1) is 9.24. The van der Waals surface area contributed by atoms with Crippen LogP contribution in [0.2, 0.25) is 0 Å². The number of hydrazone groups is 1. The van der Waals surface area contributed by atoms with Crippen LogP contribution in [0.3, 0.4) is 0 Å². The van der Waals surface area contributed by atoms with E-state index in [2.05, 4.69) is 37.0 Å². The fourth-order valence-electron chi connectivity index (χ4n) is 1.72. The van der Waals surface area contributed by atoms with Gasteiger partial charge in [-0.3, -0.25) is 9.35 Å². The average Bonchev–Trinajstić information content (AvgIpc) is 2.72. The first-order valence-electron chi connectivity index (χ1n) is 5.60. The van der Waals surface area contributed by atoms with Crippen molar-refractivity contribution < 1.29 is 17.8 Å². The number of carbonyl (C=O) groups is 1. The van der Waals surface area contributed by atoms with Gasteiger partial charge in [-0.1, -0.05) is 6.92 Å². The summed E-state index contributed by atoms with van der Waals surface area (Å²) in [6, 6.07) is 2.44. The van der Waals surface area contributed by atoms with E-state index in [-0.39, 0.29) is 22.9 Å². The minimum atomic E-state index is -4.37. The molecule has 0 radical (unpaired) electrons. The standard InChI is InChI=1S/C11H10Br2N2O4S/c1-2-6-3-10(16)15(14-6)9-5-7(20(17,18)19)4-8(12)11(9)13/h4-5H,2-3H2,1H3,(H,17,18,19). The Kier molecular flexibility index (Phi) is 4.33. The summed E-state index contributed by atoms with van der Waals surface area (Å²) in [7, 11) is -4.37. The lowest BCUT2D eigenvalue weighted by molar-refractivity contribution is -0.116. The van der Waals surface area contributed by atoms with E-state index in [0.717, 1.165) is 10.7 Å². The Labute approximate surface area is 132 Å². The summed E-state index contributed by atoms with van der Waals surface area (Å²) in [6.45, 7) is 1.88. The molecule has 20 heavy (non-hydrogen) atoms. The van der Waals surface area contributed by atoms with E-state index in [1.54, 1.807) is 0 Å². The van der Waals surface area contributed by atoms with Crippen molar-refractivity contribution in [3.63, 3.8) is 0 Å². The Morgan fingerprint density at radius 2 is 2.05 bits per heavy atom. The molecule has 0 saturated heterocycles. The summed E-state index contributed by atoms with van der Waals surface area (Å²) >= 11 is 6.45. The van der Waals surface area contributed by atoms with E-state index in [4.69, 9.17) is 4.55 Å². The second kappa shape index (κ2) is 5.55. The molecule has 0 saturated carbocycles. The SMILES string of the molecule is CCC1=NN(c2cc(S(=O)(=O)O)cc(Br)c2Br)C(=O)C1. The molecule has 0 aromatic heterocycles. The highest BCUT2D eigenvalue weighted by molar-refractivity contribution is 9.13. The van der Waals surface area contributed by atoms with Gasteiger partial charge in [-0.25, -0.2) is 0 Å². The molecule has 2 rings (SSSR count). The summed E-state index contributed by atoms with van der Waals surface area (Å²) in [5, 5.41) is 5.30. The van der Waals surface area contributed by atoms with Gasteiger partial charge < -0.3 is 0 Å². The zero-order chi connectivity index (χ0) is 15.1. The monoisotopic (exact) mass is 424 g/mol. The quantitative estimate of drug-likeness (QED) is 0.754. The van der Waals surface area contributed by atoms with Crippen molar-refractivity contribution in [2.24, 2.45) is 5.10 Å². The summed E-state index contributed by atoms with van der Waals surface area (Å²) < 4.78 is 32.5. The molecule has 0 fully saturated rings. The summed E-state index contributed by atoms with van der Waals surface area (Å²) in [5.74, 6) is -0.248. The molecule has 1 aliphatic heterocycles. The molecule has 0 atom stereocenters. The smallest absolute Gasteiger partial charge is 0.282 e. The van der Waals surface area contributed by atoms with E-state index in [1.165, 1.54) is 12.1 Å². The molecule has 9 heteroatoms. The maximum absolute atomic E-state index is 11.9. The van der Waals surface area contributed by atoms with E-state index in [0.29, 0.717) is 15.4 Å². The second-order valence-electron chi connectivity index (χ2n) is 4.12. The minimum absolute atomic E-state index is 0.205. The van der Waals surface area contributed by atoms with Gasteiger partial charge in [0, 0.05) is 10.2 Å². The maximum atomic E-state index is 11.9. The summed E-state index contributed by atoms with van der Waals surface area (Å²) in [5.41, 5.74) is 0.982. The van der Waals surface area contributed by atoms with Gasteiger partial charge in [0.05, 0.1) is 21.5 Å². The molecule has 1 heterocycles. The van der Waals surface area contributed by atoms with Gasteiger partial charge in [0.2, 0.25) is 0 Å². The zero-order valence-electron chi connectivity index (χ0n) is 10.3. The Morgan fingerprint density at radius 3 is 2.55 bits per heavy atom. The van der Waals surface area contributed by atoms with Gasteiger partial charge in [0.1, 0.15) is 0 Å². The van der Waals surface area contributed by atoms with E-state index < -0.39 is 10.1 Å². The van der Waals surface area contributed by atoms with Crippen molar-refractivity contribution in [1.29, 1.82) is 0 Å². The van der Waals surface area contributed by atoms with Crippen LogP contribution in [0.15, 0.2) is 31.1 Å². The average molecular weight is 426 g/mol. The molecule has 1 N–H and O–H groups in total. The van der Waals surface area contributed by atoms with E-state index >= 15 is 0 Å². The lowest BCUT2D eigenvalue weighted by atomic mass is 10.2. The van der Waals surface area contributed by atoms with Crippen molar-refractivity contribution in [3.05, 3.63) is 21.1 Å². The number of carbonyl (C=O) groups excluding carboxylic acids is 1. The van der Waals surface area contributed by atoms with Gasteiger partial charge in [-0.05, 0) is 50.4 Å². The molecule has 0 unspecified atom stereocenters. The largest absolute Gasteiger partial charge is 0.294 e. The van der Waals surface area contributed by atoms with Gasteiger partial charge >= 0.3 is 0 Å². The van der Waals surface area contributed by atoms with E-state index in [1.807, 2.05) is 6.92 Å². The van der Waals surface area contributed by atoms with Crippen LogP contribution in [0.4, 0.5) is 5.69 Å². The number of benzene rings is 1. The first kappa shape index (κ1) is 15.6. The van der Waals surface area contributed by atoms with Crippen LogP contribution in [0, 0.1) is 0 Å². The van der Waals surface area contributed by atoms with Crippen molar-refractivity contribution in [3.8, 4) is 0 Å². The Balaban J connectivity index is 2.60. The van der Waals surface area contributed by atoms with Crippen LogP contribution in [-0.2, 0) is 14.9 Å². The Bertz CT molecular complexity index is 715. The maximum Gasteiger partial charge on any atom is 0.294 e. The molecule has 1 aromatic rings. The molecule has 1 aliphatic rings. The van der Waals surface area contributed by atoms with Gasteiger partial charge in [0.25, 0.3) is 16.0 Å². The molecule has 0 bridgehead atoms. The highest BCUT2D eigenvalue weighted by atomic mass is 79.9. The van der Waals surface area contributed by atoms with Gasteiger partial charge in [-0.2, -0.15) is 18.5 Å². The number of hydrogen-bond acceptors (Lipinski definition) is 4. The van der Waals surface area contributed by atoms with Crippen LogP contribution in [-0.4, -0.2) is 24.6 Å². The molecular weight excluding hydrogens is 416 g/mol. The predicted octanol–water partition coefficient (Wildman–Crippen LogP) is 2.96. The van der Waals surface area contributed by atoms with E-state index in [9.17, 15) is 13.2 Å². The number of halogens is 2. The van der Waals surface area contributed by atoms with Crippen LogP contribution < -0.4 is 5.01 Å². The topological polar surface area (TPSA) is 87.0 Å². The van der Waals surface area contributed by atoms with Crippen molar-refractivity contribution in [2.45, 2.75) is 24.7 Å². The first-order valence-corrected chi connectivity index (χ1v) is 8.62. The third-order valence-electron chi connectivity index (χ3n) is 2.75. The number of anilines is 1. The molecule has 1 aromatic carbocycles. The van der Waals surface area contributed by atoms with Crippen LogP contribution in [0.1, 0.15) is 19.8 Å². The second-order valence-corrected chi connectivity index (χ2v) is 7.18. The highest BCUT2D eigenvalue weighted by Gasteiger charge is 2.28. The zero-order valence-corrected chi connectivity index (χ0v) is 14.3. The molecule has 0 aliphatic carbocycles. The lowest BCUT2D eigenvalue weighted by Crippen LogP contribution is -2.20. The minimum Gasteiger partial charge on any atom is -0.282 e. The Morgan fingerprint density at radius 1 is 1.40 bits per heavy atom.